The minimum Gasteiger partial charge on any atom is -0.362 e. The molecule has 8 heteroatoms. The Morgan fingerprint density at radius 2 is 1.70 bits per heavy atom. The molecule has 142 valence electrons. The minimum absolute atomic E-state index is 0.124. The molecule has 2 aromatic carbocycles. The zero-order valence-corrected chi connectivity index (χ0v) is 16.4. The smallest absolute Gasteiger partial charge is 0.255 e. The molecule has 6 nitrogen and oxygen atoms in total. The van der Waals surface area contributed by atoms with Gasteiger partial charge in [-0.1, -0.05) is 23.2 Å². The largest absolute Gasteiger partial charge is 0.362 e. The standard InChI is InChI=1S/C19H20ClN3O3S/c1-13-2-7-17-16(12-13)18(24)22-19(21-17)8-10-23(11-9-19)27(25,26)15-5-3-14(20)4-6-15/h2-7,12,21H,8-11H2,1H3,(H,22,24). The first-order valence-electron chi connectivity index (χ1n) is 8.76. The second-order valence-electron chi connectivity index (χ2n) is 7.07. The molecule has 0 bridgehead atoms. The van der Waals surface area contributed by atoms with Gasteiger partial charge in [0, 0.05) is 36.6 Å². The van der Waals surface area contributed by atoms with Crippen LogP contribution in [0.4, 0.5) is 5.69 Å². The first kappa shape index (κ1) is 18.3. The molecule has 27 heavy (non-hydrogen) atoms. The number of anilines is 1. The molecule has 0 saturated carbocycles. The van der Waals surface area contributed by atoms with E-state index < -0.39 is 15.7 Å². The monoisotopic (exact) mass is 405 g/mol. The number of sulfonamides is 1. The average molecular weight is 406 g/mol. The SMILES string of the molecule is Cc1ccc2c(c1)C(=O)NC1(CCN(S(=O)(=O)c3ccc(Cl)cc3)CC1)N2. The van der Waals surface area contributed by atoms with Gasteiger partial charge in [0.1, 0.15) is 5.66 Å². The Kier molecular flexibility index (Phi) is 4.41. The van der Waals surface area contributed by atoms with Crippen molar-refractivity contribution < 1.29 is 13.2 Å². The molecule has 1 fully saturated rings. The number of carbonyl (C=O) groups is 1. The van der Waals surface area contributed by atoms with Crippen molar-refractivity contribution in [3.8, 4) is 0 Å². The van der Waals surface area contributed by atoms with Crippen LogP contribution >= 0.6 is 11.6 Å². The molecule has 0 aromatic heterocycles. The summed E-state index contributed by atoms with van der Waals surface area (Å²) in [6, 6.07) is 11.9. The van der Waals surface area contributed by atoms with E-state index in [9.17, 15) is 13.2 Å². The quantitative estimate of drug-likeness (QED) is 0.805. The molecule has 0 unspecified atom stereocenters. The average Bonchev–Trinajstić information content (AvgIpc) is 2.63. The van der Waals surface area contributed by atoms with Gasteiger partial charge in [0.25, 0.3) is 5.91 Å². The summed E-state index contributed by atoms with van der Waals surface area (Å²) >= 11 is 5.85. The molecule has 2 heterocycles. The summed E-state index contributed by atoms with van der Waals surface area (Å²) in [7, 11) is -3.58. The Bertz CT molecular complexity index is 997. The lowest BCUT2D eigenvalue weighted by molar-refractivity contribution is 0.0865. The lowest BCUT2D eigenvalue weighted by atomic mass is 9.93. The summed E-state index contributed by atoms with van der Waals surface area (Å²) in [6.07, 6.45) is 0.970. The first-order valence-corrected chi connectivity index (χ1v) is 10.6. The second kappa shape index (κ2) is 6.51. The molecular formula is C19H20ClN3O3S. The van der Waals surface area contributed by atoms with Gasteiger partial charge in [0.15, 0.2) is 0 Å². The maximum absolute atomic E-state index is 12.8. The Balaban J connectivity index is 1.53. The summed E-state index contributed by atoms with van der Waals surface area (Å²) in [5.74, 6) is -0.124. The minimum atomic E-state index is -3.58. The lowest BCUT2D eigenvalue weighted by Gasteiger charge is -2.45. The molecule has 2 N–H and O–H groups in total. The topological polar surface area (TPSA) is 78.5 Å². The van der Waals surface area contributed by atoms with E-state index in [0.717, 1.165) is 11.3 Å². The van der Waals surface area contributed by atoms with Crippen LogP contribution in [-0.4, -0.2) is 37.4 Å². The Morgan fingerprint density at radius 3 is 2.37 bits per heavy atom. The van der Waals surface area contributed by atoms with E-state index in [-0.39, 0.29) is 10.8 Å². The Morgan fingerprint density at radius 1 is 1.04 bits per heavy atom. The van der Waals surface area contributed by atoms with E-state index in [1.54, 1.807) is 12.1 Å². The number of hydrogen-bond donors (Lipinski definition) is 2. The lowest BCUT2D eigenvalue weighted by Crippen LogP contribution is -2.62. The molecule has 0 aliphatic carbocycles. The highest BCUT2D eigenvalue weighted by atomic mass is 35.5. The summed E-state index contributed by atoms with van der Waals surface area (Å²) in [6.45, 7) is 2.58. The number of nitrogens with zero attached hydrogens (tertiary/aromatic N) is 1. The van der Waals surface area contributed by atoms with Gasteiger partial charge in [0.05, 0.1) is 10.5 Å². The third kappa shape index (κ3) is 3.31. The number of carbonyl (C=O) groups excluding carboxylic acids is 1. The maximum Gasteiger partial charge on any atom is 0.255 e. The van der Waals surface area contributed by atoms with Crippen LogP contribution in [0.1, 0.15) is 28.8 Å². The van der Waals surface area contributed by atoms with Crippen molar-refractivity contribution in [1.82, 2.24) is 9.62 Å². The van der Waals surface area contributed by atoms with Crippen molar-refractivity contribution in [3.05, 3.63) is 58.6 Å². The van der Waals surface area contributed by atoms with Gasteiger partial charge in [-0.3, -0.25) is 4.79 Å². The van der Waals surface area contributed by atoms with Crippen molar-refractivity contribution in [3.63, 3.8) is 0 Å². The van der Waals surface area contributed by atoms with Crippen molar-refractivity contribution >= 4 is 33.2 Å². The van der Waals surface area contributed by atoms with E-state index in [1.807, 2.05) is 25.1 Å². The first-order chi connectivity index (χ1) is 12.8. The molecular weight excluding hydrogens is 386 g/mol. The van der Waals surface area contributed by atoms with Crippen LogP contribution in [0.15, 0.2) is 47.4 Å². The number of nitrogens with one attached hydrogen (secondary N) is 2. The Hall–Kier alpha value is -2.09. The van der Waals surface area contributed by atoms with E-state index in [4.69, 9.17) is 11.6 Å². The van der Waals surface area contributed by atoms with Gasteiger partial charge < -0.3 is 10.6 Å². The van der Waals surface area contributed by atoms with Gasteiger partial charge in [-0.25, -0.2) is 8.42 Å². The number of halogens is 1. The molecule has 1 saturated heterocycles. The van der Waals surface area contributed by atoms with Gasteiger partial charge in [-0.15, -0.1) is 0 Å². The van der Waals surface area contributed by atoms with E-state index in [0.29, 0.717) is 36.5 Å². The van der Waals surface area contributed by atoms with Crippen molar-refractivity contribution in [1.29, 1.82) is 0 Å². The molecule has 0 radical (unpaired) electrons. The number of hydrogen-bond acceptors (Lipinski definition) is 4. The third-order valence-corrected chi connectivity index (χ3v) is 7.34. The number of fused-ring (bicyclic) bond motifs is 1. The highest BCUT2D eigenvalue weighted by molar-refractivity contribution is 7.89. The zero-order chi connectivity index (χ0) is 19.2. The predicted molar refractivity (Wildman–Crippen MR) is 104 cm³/mol. The van der Waals surface area contributed by atoms with Crippen molar-refractivity contribution in [2.24, 2.45) is 0 Å². The fourth-order valence-electron chi connectivity index (χ4n) is 3.64. The van der Waals surface area contributed by atoms with Gasteiger partial charge in [-0.2, -0.15) is 4.31 Å². The fourth-order valence-corrected chi connectivity index (χ4v) is 5.21. The van der Waals surface area contributed by atoms with Gasteiger partial charge in [0.2, 0.25) is 10.0 Å². The van der Waals surface area contributed by atoms with Crippen LogP contribution in [0.2, 0.25) is 5.02 Å². The summed E-state index contributed by atoms with van der Waals surface area (Å²) < 4.78 is 27.1. The van der Waals surface area contributed by atoms with E-state index >= 15 is 0 Å². The second-order valence-corrected chi connectivity index (χ2v) is 9.44. The number of piperidine rings is 1. The molecule has 2 aliphatic heterocycles. The number of aryl methyl sites for hydroxylation is 1. The molecule has 1 spiro atoms. The van der Waals surface area contributed by atoms with Crippen molar-refractivity contribution in [2.75, 3.05) is 18.4 Å². The number of rotatable bonds is 2. The highest BCUT2D eigenvalue weighted by Crippen LogP contribution is 2.33. The molecule has 2 aliphatic rings. The normalized spacial score (nSPS) is 19.3. The van der Waals surface area contributed by atoms with Gasteiger partial charge in [-0.05, 0) is 43.3 Å². The van der Waals surface area contributed by atoms with E-state index in [2.05, 4.69) is 10.6 Å². The summed E-state index contributed by atoms with van der Waals surface area (Å²) in [5.41, 5.74) is 1.81. The van der Waals surface area contributed by atoms with Crippen LogP contribution in [0.3, 0.4) is 0 Å². The molecule has 1 amide bonds. The number of amides is 1. The molecule has 0 atom stereocenters. The zero-order valence-electron chi connectivity index (χ0n) is 14.8. The summed E-state index contributed by atoms with van der Waals surface area (Å²) in [4.78, 5) is 12.8. The van der Waals surface area contributed by atoms with Crippen LogP contribution in [0.5, 0.6) is 0 Å². The Labute approximate surface area is 163 Å². The fraction of sp³-hybridized carbons (Fsp3) is 0.316. The van der Waals surface area contributed by atoms with Crippen LogP contribution < -0.4 is 10.6 Å². The van der Waals surface area contributed by atoms with E-state index in [1.165, 1.54) is 16.4 Å². The van der Waals surface area contributed by atoms with Crippen molar-refractivity contribution in [2.45, 2.75) is 30.3 Å². The van der Waals surface area contributed by atoms with Crippen LogP contribution in [0.25, 0.3) is 0 Å². The highest BCUT2D eigenvalue weighted by Gasteiger charge is 2.42. The number of benzene rings is 2. The van der Waals surface area contributed by atoms with Crippen LogP contribution in [0, 0.1) is 6.92 Å². The summed E-state index contributed by atoms with van der Waals surface area (Å²) in [5, 5.41) is 6.96. The third-order valence-electron chi connectivity index (χ3n) is 5.17. The van der Waals surface area contributed by atoms with Gasteiger partial charge >= 0.3 is 0 Å². The maximum atomic E-state index is 12.8. The molecule has 2 aromatic rings. The van der Waals surface area contributed by atoms with Crippen LogP contribution in [-0.2, 0) is 10.0 Å². The predicted octanol–water partition coefficient (Wildman–Crippen LogP) is 2.98. The molecule has 4 rings (SSSR count).